The van der Waals surface area contributed by atoms with Gasteiger partial charge in [0.05, 0.1) is 5.52 Å². The van der Waals surface area contributed by atoms with E-state index in [-0.39, 0.29) is 5.91 Å². The van der Waals surface area contributed by atoms with Gasteiger partial charge in [-0.15, -0.1) is 5.10 Å². The van der Waals surface area contributed by atoms with Gasteiger partial charge in [0.1, 0.15) is 5.52 Å². The van der Waals surface area contributed by atoms with Crippen LogP contribution >= 0.6 is 0 Å². The van der Waals surface area contributed by atoms with E-state index in [1.807, 2.05) is 18.2 Å². The molecule has 118 valence electrons. The molecule has 0 unspecified atom stereocenters. The van der Waals surface area contributed by atoms with E-state index in [9.17, 15) is 4.79 Å². The summed E-state index contributed by atoms with van der Waals surface area (Å²) >= 11 is 0. The fourth-order valence-corrected chi connectivity index (χ4v) is 2.39. The standard InChI is InChI=1S/C16H12N6O2/c1-22-14-7-4-11(8-13(14)19-21-22)16(23)18-12-5-2-10(3-6-12)15-17-9-24-20-15/h2-9H,1H3,(H,18,23). The molecule has 24 heavy (non-hydrogen) atoms. The van der Waals surface area contributed by atoms with Crippen molar-refractivity contribution in [3.63, 3.8) is 0 Å². The predicted molar refractivity (Wildman–Crippen MR) is 86.2 cm³/mol. The lowest BCUT2D eigenvalue weighted by atomic mass is 10.1. The zero-order chi connectivity index (χ0) is 16.5. The number of carbonyl (C=O) groups is 1. The molecule has 1 amide bonds. The number of nitrogens with one attached hydrogen (secondary N) is 1. The maximum atomic E-state index is 12.4. The van der Waals surface area contributed by atoms with Gasteiger partial charge in [-0.3, -0.25) is 4.79 Å². The van der Waals surface area contributed by atoms with Crippen molar-refractivity contribution in [1.82, 2.24) is 25.1 Å². The first-order valence-electron chi connectivity index (χ1n) is 7.18. The molecule has 4 aromatic rings. The van der Waals surface area contributed by atoms with Crippen LogP contribution in [0.3, 0.4) is 0 Å². The maximum absolute atomic E-state index is 12.4. The smallest absolute Gasteiger partial charge is 0.255 e. The van der Waals surface area contributed by atoms with Gasteiger partial charge in [0.2, 0.25) is 12.2 Å². The summed E-state index contributed by atoms with van der Waals surface area (Å²) < 4.78 is 6.38. The summed E-state index contributed by atoms with van der Waals surface area (Å²) in [5, 5.41) is 14.6. The second-order valence-corrected chi connectivity index (χ2v) is 5.20. The largest absolute Gasteiger partial charge is 0.342 e. The number of fused-ring (bicyclic) bond motifs is 1. The number of hydrogen-bond donors (Lipinski definition) is 1. The molecule has 2 heterocycles. The molecule has 0 aliphatic carbocycles. The lowest BCUT2D eigenvalue weighted by Gasteiger charge is -2.06. The second-order valence-electron chi connectivity index (χ2n) is 5.20. The molecule has 2 aromatic heterocycles. The van der Waals surface area contributed by atoms with Gasteiger partial charge < -0.3 is 9.84 Å². The number of carbonyl (C=O) groups excluding carboxylic acids is 1. The van der Waals surface area contributed by atoms with Crippen LogP contribution in [0, 0.1) is 0 Å². The zero-order valence-corrected chi connectivity index (χ0v) is 12.7. The minimum absolute atomic E-state index is 0.213. The molecule has 0 radical (unpaired) electrons. The van der Waals surface area contributed by atoms with Crippen molar-refractivity contribution in [1.29, 1.82) is 0 Å². The topological polar surface area (TPSA) is 98.7 Å². The van der Waals surface area contributed by atoms with Crippen molar-refractivity contribution in [2.45, 2.75) is 0 Å². The minimum atomic E-state index is -0.213. The van der Waals surface area contributed by atoms with E-state index < -0.39 is 0 Å². The number of anilines is 1. The first-order valence-corrected chi connectivity index (χ1v) is 7.18. The van der Waals surface area contributed by atoms with Crippen molar-refractivity contribution in [3.05, 3.63) is 54.4 Å². The summed E-state index contributed by atoms with van der Waals surface area (Å²) in [5.41, 5.74) is 3.55. The van der Waals surface area contributed by atoms with E-state index in [4.69, 9.17) is 4.52 Å². The van der Waals surface area contributed by atoms with Crippen LogP contribution in [-0.2, 0) is 7.05 Å². The summed E-state index contributed by atoms with van der Waals surface area (Å²) in [5.74, 6) is 0.288. The summed E-state index contributed by atoms with van der Waals surface area (Å²) in [6.07, 6.45) is 1.27. The van der Waals surface area contributed by atoms with Crippen LogP contribution in [0.5, 0.6) is 0 Å². The molecule has 8 nitrogen and oxygen atoms in total. The third kappa shape index (κ3) is 2.50. The van der Waals surface area contributed by atoms with Gasteiger partial charge in [0.15, 0.2) is 0 Å². The zero-order valence-electron chi connectivity index (χ0n) is 12.7. The molecule has 0 bridgehead atoms. The average Bonchev–Trinajstić information content (AvgIpc) is 3.26. The highest BCUT2D eigenvalue weighted by Crippen LogP contribution is 2.19. The lowest BCUT2D eigenvalue weighted by Crippen LogP contribution is -2.11. The van der Waals surface area contributed by atoms with Crippen molar-refractivity contribution in [3.8, 4) is 11.4 Å². The molecule has 1 N–H and O–H groups in total. The van der Waals surface area contributed by atoms with E-state index in [2.05, 4.69) is 25.8 Å². The second kappa shape index (κ2) is 5.58. The van der Waals surface area contributed by atoms with Crippen LogP contribution in [0.25, 0.3) is 22.4 Å². The van der Waals surface area contributed by atoms with Crippen LogP contribution in [0.4, 0.5) is 5.69 Å². The Morgan fingerprint density at radius 2 is 2.00 bits per heavy atom. The van der Waals surface area contributed by atoms with Gasteiger partial charge in [-0.1, -0.05) is 10.4 Å². The van der Waals surface area contributed by atoms with E-state index in [1.54, 1.807) is 36.0 Å². The summed E-state index contributed by atoms with van der Waals surface area (Å²) in [4.78, 5) is 16.3. The Kier molecular flexibility index (Phi) is 3.27. The molecule has 0 saturated carbocycles. The summed E-state index contributed by atoms with van der Waals surface area (Å²) in [6.45, 7) is 0. The Morgan fingerprint density at radius 1 is 1.17 bits per heavy atom. The van der Waals surface area contributed by atoms with Gasteiger partial charge in [-0.05, 0) is 42.5 Å². The predicted octanol–water partition coefficient (Wildman–Crippen LogP) is 2.27. The van der Waals surface area contributed by atoms with E-state index >= 15 is 0 Å². The Hall–Kier alpha value is -3.55. The molecular formula is C16H12N6O2. The highest BCUT2D eigenvalue weighted by molar-refractivity contribution is 6.05. The third-order valence-corrected chi connectivity index (χ3v) is 3.64. The van der Waals surface area contributed by atoms with Gasteiger partial charge in [0.25, 0.3) is 5.91 Å². The molecule has 2 aromatic carbocycles. The monoisotopic (exact) mass is 320 g/mol. The minimum Gasteiger partial charge on any atom is -0.342 e. The number of benzene rings is 2. The summed E-state index contributed by atoms with van der Waals surface area (Å²) in [7, 11) is 1.81. The van der Waals surface area contributed by atoms with E-state index in [0.717, 1.165) is 11.1 Å². The number of aryl methyl sites for hydroxylation is 1. The number of rotatable bonds is 3. The molecule has 4 rings (SSSR count). The molecule has 0 atom stereocenters. The van der Waals surface area contributed by atoms with E-state index in [1.165, 1.54) is 6.39 Å². The fraction of sp³-hybridized carbons (Fsp3) is 0.0625. The van der Waals surface area contributed by atoms with Crippen molar-refractivity contribution < 1.29 is 9.32 Å². The SMILES string of the molecule is Cn1nnc2cc(C(=O)Nc3ccc(-c4ncon4)cc3)ccc21. The van der Waals surface area contributed by atoms with Crippen molar-refractivity contribution in [2.75, 3.05) is 5.32 Å². The van der Waals surface area contributed by atoms with E-state index in [0.29, 0.717) is 22.6 Å². The van der Waals surface area contributed by atoms with Crippen LogP contribution in [0.1, 0.15) is 10.4 Å². The quantitative estimate of drug-likeness (QED) is 0.621. The highest BCUT2D eigenvalue weighted by Gasteiger charge is 2.10. The molecule has 8 heteroatoms. The number of hydrogen-bond acceptors (Lipinski definition) is 6. The van der Waals surface area contributed by atoms with Gasteiger partial charge in [-0.2, -0.15) is 4.98 Å². The van der Waals surface area contributed by atoms with Crippen LogP contribution in [0.15, 0.2) is 53.4 Å². The maximum Gasteiger partial charge on any atom is 0.255 e. The fourth-order valence-electron chi connectivity index (χ4n) is 2.39. The van der Waals surface area contributed by atoms with Crippen molar-refractivity contribution in [2.24, 2.45) is 7.05 Å². The molecule has 0 fully saturated rings. The molecule has 0 aliphatic heterocycles. The molecule has 0 saturated heterocycles. The Bertz CT molecular complexity index is 1000. The summed E-state index contributed by atoms with van der Waals surface area (Å²) in [6, 6.07) is 12.5. The lowest BCUT2D eigenvalue weighted by molar-refractivity contribution is 0.102. The third-order valence-electron chi connectivity index (χ3n) is 3.64. The van der Waals surface area contributed by atoms with Gasteiger partial charge >= 0.3 is 0 Å². The Balaban J connectivity index is 1.54. The molecule has 0 spiro atoms. The Morgan fingerprint density at radius 3 is 2.75 bits per heavy atom. The molecular weight excluding hydrogens is 308 g/mol. The average molecular weight is 320 g/mol. The first-order chi connectivity index (χ1) is 11.7. The van der Waals surface area contributed by atoms with Crippen LogP contribution in [0.2, 0.25) is 0 Å². The Labute approximate surface area is 136 Å². The number of amides is 1. The van der Waals surface area contributed by atoms with Crippen LogP contribution in [-0.4, -0.2) is 31.0 Å². The van der Waals surface area contributed by atoms with Gasteiger partial charge in [0, 0.05) is 23.9 Å². The first kappa shape index (κ1) is 14.1. The molecule has 0 aliphatic rings. The normalized spacial score (nSPS) is 10.9. The highest BCUT2D eigenvalue weighted by atomic mass is 16.5. The van der Waals surface area contributed by atoms with Gasteiger partial charge in [-0.25, -0.2) is 4.68 Å². The number of nitrogens with zero attached hydrogens (tertiary/aromatic N) is 5. The van der Waals surface area contributed by atoms with Crippen LogP contribution < -0.4 is 5.32 Å². The number of aromatic nitrogens is 5. The van der Waals surface area contributed by atoms with Crippen molar-refractivity contribution >= 4 is 22.6 Å².